The summed E-state index contributed by atoms with van der Waals surface area (Å²) in [5, 5.41) is 0. The molecular weight excluding hydrogens is 238 g/mol. The molecule has 16 heavy (non-hydrogen) atoms. The first-order valence-electron chi connectivity index (χ1n) is 4.63. The van der Waals surface area contributed by atoms with Crippen molar-refractivity contribution >= 4 is 22.2 Å². The Labute approximate surface area is 94.0 Å². The van der Waals surface area contributed by atoms with E-state index in [1.54, 1.807) is 13.8 Å². The molecular formula is C8H15NO6S. The lowest BCUT2D eigenvalue weighted by Gasteiger charge is -2.20. The van der Waals surface area contributed by atoms with Crippen molar-refractivity contribution in [2.75, 3.05) is 0 Å². The SMILES string of the molecule is CC[C@H](C)[C@H](OC(C)=O)C(=O)NS(=O)(=O)O. The minimum Gasteiger partial charge on any atom is -0.452 e. The highest BCUT2D eigenvalue weighted by Crippen LogP contribution is 2.12. The molecule has 0 aliphatic carbocycles. The van der Waals surface area contributed by atoms with Crippen molar-refractivity contribution in [1.29, 1.82) is 0 Å². The normalized spacial score (nSPS) is 15.0. The molecule has 0 aromatic rings. The topological polar surface area (TPSA) is 110 Å². The molecule has 7 nitrogen and oxygen atoms in total. The molecule has 0 bridgehead atoms. The summed E-state index contributed by atoms with van der Waals surface area (Å²) in [7, 11) is -4.64. The van der Waals surface area contributed by atoms with Crippen LogP contribution in [0, 0.1) is 5.92 Å². The molecule has 0 aliphatic rings. The van der Waals surface area contributed by atoms with Crippen LogP contribution in [0.5, 0.6) is 0 Å². The van der Waals surface area contributed by atoms with Gasteiger partial charge < -0.3 is 4.74 Å². The lowest BCUT2D eigenvalue weighted by molar-refractivity contribution is -0.156. The van der Waals surface area contributed by atoms with E-state index in [4.69, 9.17) is 4.55 Å². The van der Waals surface area contributed by atoms with Gasteiger partial charge in [-0.2, -0.15) is 8.42 Å². The average molecular weight is 253 g/mol. The molecule has 0 aromatic heterocycles. The number of hydrogen-bond donors (Lipinski definition) is 2. The average Bonchev–Trinajstić information content (AvgIpc) is 2.09. The van der Waals surface area contributed by atoms with Gasteiger partial charge >= 0.3 is 16.3 Å². The van der Waals surface area contributed by atoms with E-state index in [1.807, 2.05) is 0 Å². The zero-order chi connectivity index (χ0) is 12.9. The van der Waals surface area contributed by atoms with E-state index in [2.05, 4.69) is 4.74 Å². The number of hydrogen-bond acceptors (Lipinski definition) is 5. The summed E-state index contributed by atoms with van der Waals surface area (Å²) in [4.78, 5) is 22.1. The lowest BCUT2D eigenvalue weighted by atomic mass is 10.0. The van der Waals surface area contributed by atoms with Gasteiger partial charge in [0.05, 0.1) is 0 Å². The van der Waals surface area contributed by atoms with Gasteiger partial charge in [0.25, 0.3) is 5.91 Å². The summed E-state index contributed by atoms with van der Waals surface area (Å²) in [6.07, 6.45) is -0.721. The smallest absolute Gasteiger partial charge is 0.359 e. The van der Waals surface area contributed by atoms with Crippen LogP contribution in [-0.2, 0) is 24.6 Å². The van der Waals surface area contributed by atoms with Gasteiger partial charge in [-0.05, 0) is 6.42 Å². The fourth-order valence-electron chi connectivity index (χ4n) is 1.01. The Morgan fingerprint density at radius 3 is 2.25 bits per heavy atom. The molecule has 0 rings (SSSR count). The first-order valence-corrected chi connectivity index (χ1v) is 6.07. The van der Waals surface area contributed by atoms with Crippen LogP contribution in [0.25, 0.3) is 0 Å². The van der Waals surface area contributed by atoms with Crippen LogP contribution in [0.15, 0.2) is 0 Å². The predicted molar refractivity (Wildman–Crippen MR) is 54.7 cm³/mol. The Bertz CT molecular complexity index is 363. The number of carbonyl (C=O) groups excluding carboxylic acids is 2. The molecule has 8 heteroatoms. The molecule has 2 atom stereocenters. The van der Waals surface area contributed by atoms with Crippen LogP contribution < -0.4 is 4.72 Å². The second-order valence-corrected chi connectivity index (χ2v) is 4.51. The van der Waals surface area contributed by atoms with E-state index >= 15 is 0 Å². The van der Waals surface area contributed by atoms with Gasteiger partial charge in [-0.1, -0.05) is 13.8 Å². The van der Waals surface area contributed by atoms with Crippen molar-refractivity contribution < 1.29 is 27.3 Å². The Morgan fingerprint density at radius 1 is 1.44 bits per heavy atom. The van der Waals surface area contributed by atoms with E-state index in [1.165, 1.54) is 4.72 Å². The molecule has 0 saturated carbocycles. The van der Waals surface area contributed by atoms with E-state index < -0.39 is 28.3 Å². The highest BCUT2D eigenvalue weighted by Gasteiger charge is 2.29. The second-order valence-electron chi connectivity index (χ2n) is 3.36. The van der Waals surface area contributed by atoms with Crippen molar-refractivity contribution in [2.45, 2.75) is 33.3 Å². The Morgan fingerprint density at radius 2 is 1.94 bits per heavy atom. The molecule has 94 valence electrons. The Kier molecular flexibility index (Phi) is 5.39. The maximum Gasteiger partial charge on any atom is 0.359 e. The van der Waals surface area contributed by atoms with Gasteiger partial charge in [0.15, 0.2) is 6.10 Å². The van der Waals surface area contributed by atoms with Crippen molar-refractivity contribution in [2.24, 2.45) is 5.92 Å². The highest BCUT2D eigenvalue weighted by atomic mass is 32.2. The molecule has 2 N–H and O–H groups in total. The molecule has 0 saturated heterocycles. The summed E-state index contributed by atoms with van der Waals surface area (Å²) in [6.45, 7) is 4.48. The molecule has 0 aliphatic heterocycles. The molecule has 0 radical (unpaired) electrons. The molecule has 0 fully saturated rings. The summed E-state index contributed by atoms with van der Waals surface area (Å²) >= 11 is 0. The minimum absolute atomic E-state index is 0.356. The van der Waals surface area contributed by atoms with Gasteiger partial charge in [-0.15, -0.1) is 0 Å². The summed E-state index contributed by atoms with van der Waals surface area (Å²) in [5.41, 5.74) is 0. The maximum absolute atomic E-state index is 11.4. The van der Waals surface area contributed by atoms with Gasteiger partial charge in [-0.25, -0.2) is 4.72 Å². The Balaban J connectivity index is 4.76. The van der Waals surface area contributed by atoms with Crippen LogP contribution in [0.4, 0.5) is 0 Å². The van der Waals surface area contributed by atoms with Crippen LogP contribution in [0.3, 0.4) is 0 Å². The van der Waals surface area contributed by atoms with Crippen molar-refractivity contribution in [3.8, 4) is 0 Å². The molecule has 0 aromatic carbocycles. The molecule has 1 amide bonds. The Hall–Kier alpha value is -1.15. The second kappa shape index (κ2) is 5.80. The summed E-state index contributed by atoms with van der Waals surface area (Å²) < 4.78 is 35.3. The molecule has 0 spiro atoms. The third kappa shape index (κ3) is 5.66. The fraction of sp³-hybridized carbons (Fsp3) is 0.750. The number of rotatable bonds is 5. The summed E-state index contributed by atoms with van der Waals surface area (Å²) in [5.74, 6) is -2.12. The largest absolute Gasteiger partial charge is 0.452 e. The first-order chi connectivity index (χ1) is 7.17. The lowest BCUT2D eigenvalue weighted by Crippen LogP contribution is -2.43. The third-order valence-corrected chi connectivity index (χ3v) is 2.40. The number of amides is 1. The fourth-order valence-corrected chi connectivity index (χ4v) is 1.38. The van der Waals surface area contributed by atoms with Crippen LogP contribution >= 0.6 is 0 Å². The number of nitrogens with one attached hydrogen (secondary N) is 1. The van der Waals surface area contributed by atoms with E-state index in [-0.39, 0.29) is 5.92 Å². The van der Waals surface area contributed by atoms with Crippen molar-refractivity contribution in [3.05, 3.63) is 0 Å². The first kappa shape index (κ1) is 14.8. The van der Waals surface area contributed by atoms with Crippen LogP contribution in [0.2, 0.25) is 0 Å². The van der Waals surface area contributed by atoms with E-state index in [9.17, 15) is 18.0 Å². The van der Waals surface area contributed by atoms with Gasteiger partial charge in [0.2, 0.25) is 0 Å². The van der Waals surface area contributed by atoms with Gasteiger partial charge in [-0.3, -0.25) is 14.1 Å². The van der Waals surface area contributed by atoms with Gasteiger partial charge in [0.1, 0.15) is 0 Å². The zero-order valence-electron chi connectivity index (χ0n) is 9.26. The minimum atomic E-state index is -4.64. The summed E-state index contributed by atoms with van der Waals surface area (Å²) in [6, 6.07) is 0. The number of esters is 1. The zero-order valence-corrected chi connectivity index (χ0v) is 10.1. The standard InChI is InChI=1S/C8H15NO6S/c1-4-5(2)7(15-6(3)10)8(11)9-16(12,13)14/h5,7H,4H2,1-3H3,(H,9,11)(H,12,13,14)/t5-,7-/m0/s1. The molecule has 0 unspecified atom stereocenters. The number of carbonyl (C=O) groups is 2. The van der Waals surface area contributed by atoms with Crippen molar-refractivity contribution in [1.82, 2.24) is 4.72 Å². The van der Waals surface area contributed by atoms with Crippen LogP contribution in [0.1, 0.15) is 27.2 Å². The van der Waals surface area contributed by atoms with Crippen molar-refractivity contribution in [3.63, 3.8) is 0 Å². The third-order valence-electron chi connectivity index (χ3n) is 1.94. The number of ether oxygens (including phenoxy) is 1. The maximum atomic E-state index is 11.4. The molecule has 0 heterocycles. The monoisotopic (exact) mass is 253 g/mol. The van der Waals surface area contributed by atoms with E-state index in [0.29, 0.717) is 6.42 Å². The highest BCUT2D eigenvalue weighted by molar-refractivity contribution is 7.84. The quantitative estimate of drug-likeness (QED) is 0.522. The van der Waals surface area contributed by atoms with Gasteiger partial charge in [0, 0.05) is 12.8 Å². The predicted octanol–water partition coefficient (Wildman–Crippen LogP) is -0.117. The van der Waals surface area contributed by atoms with E-state index in [0.717, 1.165) is 6.92 Å². The van der Waals surface area contributed by atoms with Crippen LogP contribution in [-0.4, -0.2) is 31.0 Å².